The molecule has 8 heavy (non-hydrogen) atoms. The van der Waals surface area contributed by atoms with E-state index < -0.39 is 0 Å². The molecule has 0 saturated carbocycles. The van der Waals surface area contributed by atoms with Gasteiger partial charge >= 0.3 is 0 Å². The summed E-state index contributed by atoms with van der Waals surface area (Å²) in [6.07, 6.45) is 1.23. The molecule has 0 aromatic heterocycles. The zero-order valence-electron chi connectivity index (χ0n) is 4.81. The quantitative estimate of drug-likeness (QED) is 0.322. The van der Waals surface area contributed by atoms with Gasteiger partial charge in [0.1, 0.15) is 0 Å². The highest BCUT2D eigenvalue weighted by molar-refractivity contribution is 7.83. The van der Waals surface area contributed by atoms with Gasteiger partial charge in [-0.25, -0.2) is 0 Å². The molecule has 1 N–H and O–H groups in total. The molecule has 0 rings (SSSR count). The lowest BCUT2D eigenvalue weighted by Gasteiger charge is -1.92. The summed E-state index contributed by atoms with van der Waals surface area (Å²) in [4.78, 5) is 0. The van der Waals surface area contributed by atoms with Crippen molar-refractivity contribution in [1.29, 1.82) is 5.41 Å². The second kappa shape index (κ2) is 3.50. The van der Waals surface area contributed by atoms with Crippen LogP contribution in [0.3, 0.4) is 0 Å². The zero-order valence-corrected chi connectivity index (χ0v) is 5.70. The maximum atomic E-state index is 6.79. The molecule has 0 aromatic rings. The van der Waals surface area contributed by atoms with Crippen molar-refractivity contribution in [3.8, 4) is 0 Å². The molecule has 0 fully saturated rings. The Bertz CT molecular complexity index is 135. The van der Waals surface area contributed by atoms with Crippen molar-refractivity contribution in [2.24, 2.45) is 0 Å². The van der Waals surface area contributed by atoms with E-state index in [9.17, 15) is 0 Å². The first-order chi connectivity index (χ1) is 3.72. The van der Waals surface area contributed by atoms with Crippen LogP contribution in [0.5, 0.6) is 0 Å². The van der Waals surface area contributed by atoms with Gasteiger partial charge in [0.2, 0.25) is 0 Å². The molecule has 0 amide bonds. The van der Waals surface area contributed by atoms with E-state index in [2.05, 4.69) is 19.2 Å². The Balaban J connectivity index is 4.13. The minimum atomic E-state index is 0.772. The minimum Gasteiger partial charge on any atom is -0.308 e. The first-order valence-electron chi connectivity index (χ1n) is 2.23. The molecule has 0 saturated heterocycles. The van der Waals surface area contributed by atoms with E-state index in [1.165, 1.54) is 6.21 Å². The highest BCUT2D eigenvalue weighted by atomic mass is 32.1. The summed E-state index contributed by atoms with van der Waals surface area (Å²) < 4.78 is 0. The van der Waals surface area contributed by atoms with Gasteiger partial charge in [-0.05, 0) is 17.9 Å². The number of rotatable bonds is 2. The van der Waals surface area contributed by atoms with E-state index in [4.69, 9.17) is 5.41 Å². The van der Waals surface area contributed by atoms with Crippen LogP contribution in [0.1, 0.15) is 6.92 Å². The Morgan fingerprint density at radius 1 is 1.75 bits per heavy atom. The van der Waals surface area contributed by atoms with Gasteiger partial charge in [0.25, 0.3) is 0 Å². The Hall–Kier alpha value is -0.500. The number of hydrogen-bond donors (Lipinski definition) is 2. The van der Waals surface area contributed by atoms with E-state index in [1.54, 1.807) is 5.41 Å². The lowest BCUT2D eigenvalue weighted by atomic mass is 10.2. The first-order valence-corrected chi connectivity index (χ1v) is 2.74. The third-order valence-electron chi connectivity index (χ3n) is 0.787. The second-order valence-corrected chi connectivity index (χ2v) is 1.77. The molecular formula is C6H9NS. The standard InChI is InChI=1S/C6H9NS/c1-5(2)6(3-7)4-8/h3-4,7-8H,1H2,2H3/b6-4+,7-3?. The number of nitrogens with one attached hydrogen (secondary N) is 1. The fourth-order valence-corrected chi connectivity index (χ4v) is 0.566. The van der Waals surface area contributed by atoms with E-state index in [-0.39, 0.29) is 0 Å². The molecule has 0 aliphatic heterocycles. The van der Waals surface area contributed by atoms with E-state index in [1.807, 2.05) is 6.92 Å². The van der Waals surface area contributed by atoms with Crippen LogP contribution < -0.4 is 0 Å². The van der Waals surface area contributed by atoms with Crippen LogP contribution in [0.25, 0.3) is 0 Å². The van der Waals surface area contributed by atoms with Crippen molar-refractivity contribution in [2.45, 2.75) is 6.92 Å². The van der Waals surface area contributed by atoms with Crippen molar-refractivity contribution < 1.29 is 0 Å². The summed E-state index contributed by atoms with van der Waals surface area (Å²) in [5, 5.41) is 8.35. The summed E-state index contributed by atoms with van der Waals surface area (Å²) in [6, 6.07) is 0. The second-order valence-electron chi connectivity index (χ2n) is 1.51. The topological polar surface area (TPSA) is 23.9 Å². The smallest absolute Gasteiger partial charge is 0.0257 e. The number of hydrogen-bond acceptors (Lipinski definition) is 2. The molecule has 1 nitrogen and oxygen atoms in total. The van der Waals surface area contributed by atoms with Crippen LogP contribution >= 0.6 is 12.6 Å². The molecule has 0 bridgehead atoms. The number of allylic oxidation sites excluding steroid dienone is 2. The Morgan fingerprint density at radius 3 is 2.25 bits per heavy atom. The molecular weight excluding hydrogens is 118 g/mol. The first kappa shape index (κ1) is 7.50. The molecule has 0 aliphatic carbocycles. The molecule has 0 heterocycles. The summed E-state index contributed by atoms with van der Waals surface area (Å²) in [7, 11) is 0. The van der Waals surface area contributed by atoms with Gasteiger partial charge in [-0.1, -0.05) is 6.58 Å². The highest BCUT2D eigenvalue weighted by Gasteiger charge is 1.87. The largest absolute Gasteiger partial charge is 0.308 e. The van der Waals surface area contributed by atoms with Gasteiger partial charge in [-0.2, -0.15) is 12.6 Å². The molecule has 0 aliphatic rings. The molecule has 0 unspecified atom stereocenters. The lowest BCUT2D eigenvalue weighted by Crippen LogP contribution is -1.80. The van der Waals surface area contributed by atoms with Crippen LogP contribution in [0.4, 0.5) is 0 Å². The minimum absolute atomic E-state index is 0.772. The molecule has 0 spiro atoms. The third-order valence-corrected chi connectivity index (χ3v) is 1.07. The van der Waals surface area contributed by atoms with Crippen molar-refractivity contribution >= 4 is 18.8 Å². The van der Waals surface area contributed by atoms with Gasteiger partial charge in [-0.3, -0.25) is 0 Å². The molecule has 0 aromatic carbocycles. The van der Waals surface area contributed by atoms with Crippen molar-refractivity contribution in [3.05, 3.63) is 23.1 Å². The Kier molecular flexibility index (Phi) is 3.28. The van der Waals surface area contributed by atoms with Gasteiger partial charge in [0, 0.05) is 11.8 Å². The zero-order chi connectivity index (χ0) is 6.57. The Labute approximate surface area is 55.0 Å². The van der Waals surface area contributed by atoms with Crippen molar-refractivity contribution in [1.82, 2.24) is 0 Å². The van der Waals surface area contributed by atoms with Gasteiger partial charge in [0.05, 0.1) is 0 Å². The average molecular weight is 127 g/mol. The van der Waals surface area contributed by atoms with E-state index in [0.717, 1.165) is 11.1 Å². The molecule has 0 atom stereocenters. The normalized spacial score (nSPS) is 11.0. The lowest BCUT2D eigenvalue weighted by molar-refractivity contribution is 1.47. The van der Waals surface area contributed by atoms with Crippen molar-refractivity contribution in [2.75, 3.05) is 0 Å². The summed E-state index contributed by atoms with van der Waals surface area (Å²) in [5.74, 6) is 0. The highest BCUT2D eigenvalue weighted by Crippen LogP contribution is 2.03. The average Bonchev–Trinajstić information content (AvgIpc) is 1.69. The SMILES string of the molecule is C=C(C)/C(C=N)=C/S. The van der Waals surface area contributed by atoms with Crippen LogP contribution in [0.2, 0.25) is 0 Å². The molecule has 2 heteroatoms. The summed E-state index contributed by atoms with van der Waals surface area (Å²) in [6.45, 7) is 5.47. The van der Waals surface area contributed by atoms with Crippen LogP contribution in [0.15, 0.2) is 23.1 Å². The fraction of sp³-hybridized carbons (Fsp3) is 0.167. The Morgan fingerprint density at radius 2 is 2.25 bits per heavy atom. The monoisotopic (exact) mass is 127 g/mol. The predicted molar refractivity (Wildman–Crippen MR) is 40.7 cm³/mol. The summed E-state index contributed by atoms with van der Waals surface area (Å²) >= 11 is 3.86. The summed E-state index contributed by atoms with van der Waals surface area (Å²) in [5.41, 5.74) is 1.64. The van der Waals surface area contributed by atoms with Crippen LogP contribution in [0, 0.1) is 5.41 Å². The predicted octanol–water partition coefficient (Wildman–Crippen LogP) is 2.03. The van der Waals surface area contributed by atoms with E-state index in [0.29, 0.717) is 0 Å². The van der Waals surface area contributed by atoms with Gasteiger partial charge in [-0.15, -0.1) is 0 Å². The third kappa shape index (κ3) is 1.98. The van der Waals surface area contributed by atoms with Crippen LogP contribution in [-0.2, 0) is 0 Å². The fourth-order valence-electron chi connectivity index (χ4n) is 0.271. The van der Waals surface area contributed by atoms with Crippen molar-refractivity contribution in [3.63, 3.8) is 0 Å². The molecule has 44 valence electrons. The maximum absolute atomic E-state index is 6.79. The molecule has 0 radical (unpaired) electrons. The maximum Gasteiger partial charge on any atom is 0.0257 e. The van der Waals surface area contributed by atoms with Crippen LogP contribution in [-0.4, -0.2) is 6.21 Å². The van der Waals surface area contributed by atoms with Gasteiger partial charge in [0.15, 0.2) is 0 Å². The number of thiol groups is 1. The van der Waals surface area contributed by atoms with E-state index >= 15 is 0 Å². The van der Waals surface area contributed by atoms with Gasteiger partial charge < -0.3 is 5.41 Å².